The third-order valence-electron chi connectivity index (χ3n) is 13.9. The second-order valence-corrected chi connectivity index (χ2v) is 20.4. The van der Waals surface area contributed by atoms with E-state index in [-0.39, 0.29) is 12.5 Å². The topological polar surface area (TPSA) is 69.6 Å². The molecule has 0 heterocycles. The number of unbranched alkanes of at least 4 members (excludes halogenated alkanes) is 46. The molecule has 2 atom stereocenters. The number of hydrogen-bond acceptors (Lipinski definition) is 3. The highest BCUT2D eigenvalue weighted by Crippen LogP contribution is 2.18. The Labute approximate surface area is 402 Å². The number of nitrogens with one attached hydrogen (secondary N) is 1. The van der Waals surface area contributed by atoms with Crippen molar-refractivity contribution in [1.82, 2.24) is 5.32 Å². The molecule has 4 nitrogen and oxygen atoms in total. The van der Waals surface area contributed by atoms with Gasteiger partial charge in [0.1, 0.15) is 0 Å². The Morgan fingerprint density at radius 2 is 0.609 bits per heavy atom. The zero-order chi connectivity index (χ0) is 46.3. The number of rotatable bonds is 55. The Morgan fingerprint density at radius 3 is 0.906 bits per heavy atom. The van der Waals surface area contributed by atoms with Crippen LogP contribution in [0.15, 0.2) is 24.3 Å². The number of carbonyl (C=O) groups is 1. The van der Waals surface area contributed by atoms with Crippen molar-refractivity contribution in [2.24, 2.45) is 0 Å². The Morgan fingerprint density at radius 1 is 0.359 bits per heavy atom. The van der Waals surface area contributed by atoms with Crippen LogP contribution in [0.2, 0.25) is 0 Å². The molecule has 0 saturated heterocycles. The molecule has 2 unspecified atom stereocenters. The highest BCUT2D eigenvalue weighted by Gasteiger charge is 2.18. The monoisotopic (exact) mass is 900 g/mol. The molecule has 3 N–H and O–H groups in total. The summed E-state index contributed by atoms with van der Waals surface area (Å²) in [7, 11) is 0. The van der Waals surface area contributed by atoms with Gasteiger partial charge in [-0.15, -0.1) is 0 Å². The lowest BCUT2D eigenvalue weighted by Crippen LogP contribution is -2.45. The maximum Gasteiger partial charge on any atom is 0.220 e. The fourth-order valence-corrected chi connectivity index (χ4v) is 9.43. The Kier molecular flexibility index (Phi) is 55.2. The van der Waals surface area contributed by atoms with Gasteiger partial charge in [-0.25, -0.2) is 0 Å². The first-order chi connectivity index (χ1) is 31.7. The second kappa shape index (κ2) is 56.2. The van der Waals surface area contributed by atoms with Crippen molar-refractivity contribution >= 4 is 5.91 Å². The molecule has 0 fully saturated rings. The van der Waals surface area contributed by atoms with Crippen molar-refractivity contribution < 1.29 is 15.0 Å². The third kappa shape index (κ3) is 51.8. The Bertz CT molecular complexity index is 932. The Balaban J connectivity index is 3.41. The summed E-state index contributed by atoms with van der Waals surface area (Å²) in [4.78, 5) is 12.5. The van der Waals surface area contributed by atoms with E-state index in [9.17, 15) is 15.0 Å². The summed E-state index contributed by atoms with van der Waals surface area (Å²) in [6.45, 7) is 4.33. The lowest BCUT2D eigenvalue weighted by molar-refractivity contribution is -0.123. The lowest BCUT2D eigenvalue weighted by Gasteiger charge is -2.19. The van der Waals surface area contributed by atoms with Gasteiger partial charge in [0.15, 0.2) is 0 Å². The molecular formula is C60H117NO3. The average molecular weight is 901 g/mol. The second-order valence-electron chi connectivity index (χ2n) is 20.4. The van der Waals surface area contributed by atoms with Crippen LogP contribution in [0.1, 0.15) is 335 Å². The van der Waals surface area contributed by atoms with Crippen molar-refractivity contribution in [2.75, 3.05) is 6.61 Å². The highest BCUT2D eigenvalue weighted by atomic mass is 16.3. The van der Waals surface area contributed by atoms with E-state index in [1.807, 2.05) is 6.08 Å². The molecule has 64 heavy (non-hydrogen) atoms. The largest absolute Gasteiger partial charge is 0.394 e. The normalized spacial score (nSPS) is 12.9. The summed E-state index contributed by atoms with van der Waals surface area (Å²) >= 11 is 0. The summed E-state index contributed by atoms with van der Waals surface area (Å²) < 4.78 is 0. The van der Waals surface area contributed by atoms with E-state index in [0.29, 0.717) is 6.42 Å². The smallest absolute Gasteiger partial charge is 0.220 e. The molecule has 0 aliphatic rings. The van der Waals surface area contributed by atoms with Gasteiger partial charge in [0.25, 0.3) is 0 Å². The molecule has 4 heteroatoms. The van der Waals surface area contributed by atoms with Gasteiger partial charge in [-0.1, -0.05) is 321 Å². The van der Waals surface area contributed by atoms with Crippen LogP contribution in [-0.4, -0.2) is 34.9 Å². The van der Waals surface area contributed by atoms with Crippen molar-refractivity contribution in [1.29, 1.82) is 0 Å². The molecular weight excluding hydrogens is 783 g/mol. The van der Waals surface area contributed by atoms with Crippen LogP contribution in [-0.2, 0) is 4.79 Å². The quantitative estimate of drug-likeness (QED) is 0.0421. The molecule has 0 radical (unpaired) electrons. The average Bonchev–Trinajstić information content (AvgIpc) is 3.30. The molecule has 380 valence electrons. The van der Waals surface area contributed by atoms with Gasteiger partial charge in [0.05, 0.1) is 18.8 Å². The third-order valence-corrected chi connectivity index (χ3v) is 13.9. The van der Waals surface area contributed by atoms with Crippen molar-refractivity contribution in [3.05, 3.63) is 24.3 Å². The number of aliphatic hydroxyl groups is 2. The van der Waals surface area contributed by atoms with Crippen molar-refractivity contribution in [2.45, 2.75) is 347 Å². The van der Waals surface area contributed by atoms with E-state index >= 15 is 0 Å². The number of aliphatic hydroxyl groups excluding tert-OH is 2. The lowest BCUT2D eigenvalue weighted by atomic mass is 10.0. The molecule has 0 aromatic rings. The van der Waals surface area contributed by atoms with Gasteiger partial charge in [-0.2, -0.15) is 0 Å². The van der Waals surface area contributed by atoms with Crippen LogP contribution in [0.5, 0.6) is 0 Å². The molecule has 0 bridgehead atoms. The summed E-state index contributed by atoms with van der Waals surface area (Å²) in [5.41, 5.74) is 0. The number of hydrogen-bond donors (Lipinski definition) is 3. The minimum atomic E-state index is -0.859. The molecule has 0 aliphatic heterocycles. The zero-order valence-corrected chi connectivity index (χ0v) is 43.8. The molecule has 0 spiro atoms. The van der Waals surface area contributed by atoms with E-state index in [4.69, 9.17) is 0 Å². The standard InChI is InChI=1S/C60H117NO3/c1-3-5-7-9-11-13-15-17-19-21-22-23-24-25-26-27-28-29-30-31-32-33-34-35-36-37-38-40-42-44-46-48-50-52-54-56-60(64)61-58(57-62)59(63)55-53-51-49-47-45-43-41-39-20-18-16-14-12-10-8-6-4-2/h45,47,53,55,58-59,62-63H,3-44,46,48-52,54,56-57H2,1-2H3,(H,61,64)/b47-45+,55-53+. The molecule has 0 aliphatic carbocycles. The van der Waals surface area contributed by atoms with E-state index in [1.54, 1.807) is 6.08 Å². The van der Waals surface area contributed by atoms with E-state index in [1.165, 1.54) is 283 Å². The van der Waals surface area contributed by atoms with Crippen LogP contribution >= 0.6 is 0 Å². The van der Waals surface area contributed by atoms with Crippen LogP contribution in [0.25, 0.3) is 0 Å². The number of amides is 1. The number of carbonyl (C=O) groups excluding carboxylic acids is 1. The van der Waals surface area contributed by atoms with Gasteiger partial charge in [-0.3, -0.25) is 4.79 Å². The minimum Gasteiger partial charge on any atom is -0.394 e. The zero-order valence-electron chi connectivity index (χ0n) is 43.8. The molecule has 0 aromatic heterocycles. The first kappa shape index (κ1) is 62.9. The van der Waals surface area contributed by atoms with Crippen LogP contribution < -0.4 is 5.32 Å². The summed E-state index contributed by atoms with van der Waals surface area (Å²) in [5, 5.41) is 23.1. The summed E-state index contributed by atoms with van der Waals surface area (Å²) in [6.07, 6.45) is 75.1. The van der Waals surface area contributed by atoms with Crippen molar-refractivity contribution in [3.63, 3.8) is 0 Å². The predicted octanol–water partition coefficient (Wildman–Crippen LogP) is 19.5. The van der Waals surface area contributed by atoms with Gasteiger partial charge in [0.2, 0.25) is 5.91 Å². The van der Waals surface area contributed by atoms with Gasteiger partial charge < -0.3 is 15.5 Å². The van der Waals surface area contributed by atoms with E-state index < -0.39 is 12.1 Å². The van der Waals surface area contributed by atoms with E-state index in [2.05, 4.69) is 31.3 Å². The van der Waals surface area contributed by atoms with Gasteiger partial charge >= 0.3 is 0 Å². The first-order valence-electron chi connectivity index (χ1n) is 29.6. The maximum absolute atomic E-state index is 12.5. The van der Waals surface area contributed by atoms with Crippen LogP contribution in [0.3, 0.4) is 0 Å². The first-order valence-corrected chi connectivity index (χ1v) is 29.6. The summed E-state index contributed by atoms with van der Waals surface area (Å²) in [6, 6.07) is -0.636. The van der Waals surface area contributed by atoms with Crippen molar-refractivity contribution in [3.8, 4) is 0 Å². The van der Waals surface area contributed by atoms with Crippen LogP contribution in [0, 0.1) is 0 Å². The molecule has 0 rings (SSSR count). The van der Waals surface area contributed by atoms with Gasteiger partial charge in [0, 0.05) is 6.42 Å². The van der Waals surface area contributed by atoms with Gasteiger partial charge in [-0.05, 0) is 32.1 Å². The predicted molar refractivity (Wildman–Crippen MR) is 286 cm³/mol. The molecule has 1 amide bonds. The summed E-state index contributed by atoms with van der Waals surface area (Å²) in [5.74, 6) is -0.0668. The SMILES string of the molecule is CCCCCCCCCCCCC/C=C/CC/C=C/C(O)C(CO)NC(=O)CCCCCCCCCCCCCCCCCCCCCCCCCCCCCCCCCCCCC. The maximum atomic E-state index is 12.5. The minimum absolute atomic E-state index is 0.0668. The molecule has 0 aromatic carbocycles. The molecule has 0 saturated carbocycles. The number of allylic oxidation sites excluding steroid dienone is 3. The fraction of sp³-hybridized carbons (Fsp3) is 0.917. The fourth-order valence-electron chi connectivity index (χ4n) is 9.43. The van der Waals surface area contributed by atoms with E-state index in [0.717, 1.165) is 32.1 Å². The van der Waals surface area contributed by atoms with Crippen LogP contribution in [0.4, 0.5) is 0 Å². The highest BCUT2D eigenvalue weighted by molar-refractivity contribution is 5.76. The Hall–Kier alpha value is -1.13.